The van der Waals surface area contributed by atoms with Gasteiger partial charge >= 0.3 is 5.63 Å². The molecule has 1 N–H and O–H groups in total. The molecule has 8 nitrogen and oxygen atoms in total. The van der Waals surface area contributed by atoms with Gasteiger partial charge in [-0.25, -0.2) is 4.79 Å². The van der Waals surface area contributed by atoms with Gasteiger partial charge in [0.2, 0.25) is 0 Å². The fourth-order valence-corrected chi connectivity index (χ4v) is 5.12. The van der Waals surface area contributed by atoms with Gasteiger partial charge in [0.25, 0.3) is 0 Å². The zero-order chi connectivity index (χ0) is 26.8. The van der Waals surface area contributed by atoms with E-state index in [1.165, 1.54) is 0 Å². The molecule has 1 aliphatic rings. The van der Waals surface area contributed by atoms with Crippen molar-refractivity contribution >= 4 is 16.7 Å². The lowest BCUT2D eigenvalue weighted by Gasteiger charge is -2.36. The Morgan fingerprint density at radius 3 is 2.24 bits per heavy atom. The quantitative estimate of drug-likeness (QED) is 0.350. The second-order valence-corrected chi connectivity index (χ2v) is 9.36. The van der Waals surface area contributed by atoms with Crippen molar-refractivity contribution < 1.29 is 23.7 Å². The first kappa shape index (κ1) is 25.5. The van der Waals surface area contributed by atoms with Gasteiger partial charge in [0.1, 0.15) is 17.1 Å². The third-order valence-corrected chi connectivity index (χ3v) is 7.28. The largest absolute Gasteiger partial charge is 0.507 e. The van der Waals surface area contributed by atoms with E-state index in [1.807, 2.05) is 25.1 Å². The number of anilines is 1. The topological polar surface area (TPSA) is 84.6 Å². The number of piperazine rings is 1. The van der Waals surface area contributed by atoms with Crippen LogP contribution in [-0.2, 0) is 6.54 Å². The van der Waals surface area contributed by atoms with E-state index in [0.29, 0.717) is 40.3 Å². The molecule has 1 aliphatic heterocycles. The predicted molar refractivity (Wildman–Crippen MR) is 148 cm³/mol. The van der Waals surface area contributed by atoms with Gasteiger partial charge in [-0.2, -0.15) is 0 Å². The number of benzene rings is 3. The lowest BCUT2D eigenvalue weighted by atomic mass is 9.97. The van der Waals surface area contributed by atoms with Gasteiger partial charge in [0.05, 0.1) is 32.5 Å². The summed E-state index contributed by atoms with van der Waals surface area (Å²) in [6.07, 6.45) is 0. The van der Waals surface area contributed by atoms with Gasteiger partial charge in [0.15, 0.2) is 11.5 Å². The van der Waals surface area contributed by atoms with Crippen LogP contribution in [0.4, 0.5) is 5.69 Å². The molecule has 4 aromatic rings. The molecular weight excluding hydrogens is 484 g/mol. The number of fused-ring (bicyclic) bond motifs is 1. The zero-order valence-electron chi connectivity index (χ0n) is 22.1. The first-order chi connectivity index (χ1) is 18.4. The number of phenols is 1. The van der Waals surface area contributed by atoms with Crippen LogP contribution in [0.3, 0.4) is 0 Å². The van der Waals surface area contributed by atoms with Gasteiger partial charge < -0.3 is 28.6 Å². The third kappa shape index (κ3) is 4.75. The van der Waals surface area contributed by atoms with E-state index >= 15 is 0 Å². The number of ether oxygens (including phenoxy) is 3. The van der Waals surface area contributed by atoms with Crippen molar-refractivity contribution in [3.63, 3.8) is 0 Å². The smallest absolute Gasteiger partial charge is 0.344 e. The molecule has 8 heteroatoms. The van der Waals surface area contributed by atoms with E-state index in [1.54, 1.807) is 45.6 Å². The lowest BCUT2D eigenvalue weighted by molar-refractivity contribution is 0.246. The van der Waals surface area contributed by atoms with Gasteiger partial charge in [-0.1, -0.05) is 6.07 Å². The molecule has 38 heavy (non-hydrogen) atoms. The number of hydrogen-bond acceptors (Lipinski definition) is 8. The van der Waals surface area contributed by atoms with Gasteiger partial charge in [-0.15, -0.1) is 0 Å². The van der Waals surface area contributed by atoms with Gasteiger partial charge in [-0.05, 0) is 66.6 Å². The van der Waals surface area contributed by atoms with E-state index in [4.69, 9.17) is 18.6 Å². The third-order valence-electron chi connectivity index (χ3n) is 7.28. The predicted octanol–water partition coefficient (Wildman–Crippen LogP) is 4.82. The highest BCUT2D eigenvalue weighted by Gasteiger charge is 2.23. The zero-order valence-corrected chi connectivity index (χ0v) is 22.1. The normalized spacial score (nSPS) is 14.1. The summed E-state index contributed by atoms with van der Waals surface area (Å²) in [7, 11) is 4.79. The van der Waals surface area contributed by atoms with E-state index in [2.05, 4.69) is 21.9 Å². The molecule has 0 radical (unpaired) electrons. The SMILES string of the molecule is COc1ccc(N2CCN(Cc3c(O)ccc4c(C)c(-c5ccc(OC)c(OC)c5)c(=O)oc34)CC2)cc1. The minimum atomic E-state index is -0.460. The number of rotatable bonds is 7. The minimum absolute atomic E-state index is 0.122. The second kappa shape index (κ2) is 10.7. The van der Waals surface area contributed by atoms with E-state index < -0.39 is 5.63 Å². The monoisotopic (exact) mass is 516 g/mol. The Labute approximate surface area is 221 Å². The molecule has 2 heterocycles. The number of phenolic OH excluding ortho intramolecular Hbond substituents is 1. The van der Waals surface area contributed by atoms with E-state index in [9.17, 15) is 9.90 Å². The van der Waals surface area contributed by atoms with Crippen LogP contribution in [0.1, 0.15) is 11.1 Å². The van der Waals surface area contributed by atoms with Crippen molar-refractivity contribution in [2.45, 2.75) is 13.5 Å². The lowest BCUT2D eigenvalue weighted by Crippen LogP contribution is -2.46. The molecule has 5 rings (SSSR count). The summed E-state index contributed by atoms with van der Waals surface area (Å²) in [5.41, 5.74) is 3.67. The van der Waals surface area contributed by atoms with E-state index in [-0.39, 0.29) is 5.75 Å². The number of nitrogens with zero attached hydrogens (tertiary/aromatic N) is 2. The fraction of sp³-hybridized carbons (Fsp3) is 0.300. The second-order valence-electron chi connectivity index (χ2n) is 9.36. The van der Waals surface area contributed by atoms with Gasteiger partial charge in [0, 0.05) is 43.8 Å². The number of aryl methyl sites for hydroxylation is 1. The minimum Gasteiger partial charge on any atom is -0.507 e. The molecule has 0 amide bonds. The van der Waals surface area contributed by atoms with Gasteiger partial charge in [-0.3, -0.25) is 4.90 Å². The van der Waals surface area contributed by atoms with Crippen molar-refractivity contribution in [2.75, 3.05) is 52.4 Å². The maximum atomic E-state index is 13.3. The molecular formula is C30H32N2O6. The van der Waals surface area contributed by atoms with Crippen LogP contribution in [0.5, 0.6) is 23.0 Å². The fourth-order valence-electron chi connectivity index (χ4n) is 5.12. The molecule has 1 fully saturated rings. The summed E-state index contributed by atoms with van der Waals surface area (Å²) in [5.74, 6) is 2.07. The molecule has 3 aromatic carbocycles. The van der Waals surface area contributed by atoms with Crippen molar-refractivity contribution in [1.29, 1.82) is 0 Å². The van der Waals surface area contributed by atoms with Crippen LogP contribution in [0.25, 0.3) is 22.1 Å². The molecule has 0 unspecified atom stereocenters. The Morgan fingerprint density at radius 1 is 0.868 bits per heavy atom. The molecule has 198 valence electrons. The number of hydrogen-bond donors (Lipinski definition) is 1. The van der Waals surface area contributed by atoms with Crippen molar-refractivity contribution in [1.82, 2.24) is 4.90 Å². The summed E-state index contributed by atoms with van der Waals surface area (Å²) in [6, 6.07) is 16.9. The average Bonchev–Trinajstić information content (AvgIpc) is 2.95. The maximum Gasteiger partial charge on any atom is 0.344 e. The number of methoxy groups -OCH3 is 3. The number of aromatic hydroxyl groups is 1. The molecule has 0 aliphatic carbocycles. The molecule has 1 aromatic heterocycles. The maximum absolute atomic E-state index is 13.3. The van der Waals surface area contributed by atoms with Crippen LogP contribution in [-0.4, -0.2) is 57.5 Å². The standard InChI is InChI=1S/C30H32N2O6/c1-19-23-10-11-25(33)24(18-31-13-15-32(16-14-31)21-6-8-22(35-2)9-7-21)29(23)38-30(34)28(19)20-5-12-26(36-3)27(17-20)37-4/h5-12,17,33H,13-16,18H2,1-4H3. The summed E-state index contributed by atoms with van der Waals surface area (Å²) in [6.45, 7) is 5.72. The highest BCUT2D eigenvalue weighted by Crippen LogP contribution is 2.36. The van der Waals surface area contributed by atoms with Crippen molar-refractivity contribution in [3.05, 3.63) is 76.1 Å². The Morgan fingerprint density at radius 2 is 1.58 bits per heavy atom. The van der Waals surface area contributed by atoms with Crippen molar-refractivity contribution in [2.24, 2.45) is 0 Å². The molecule has 1 saturated heterocycles. The van der Waals surface area contributed by atoms with Crippen LogP contribution in [0.2, 0.25) is 0 Å². The highest BCUT2D eigenvalue weighted by atomic mass is 16.5. The average molecular weight is 517 g/mol. The highest BCUT2D eigenvalue weighted by molar-refractivity contribution is 5.90. The van der Waals surface area contributed by atoms with Crippen LogP contribution in [0, 0.1) is 6.92 Å². The summed E-state index contributed by atoms with van der Waals surface area (Å²) in [5, 5.41) is 11.6. The Bertz CT molecular complexity index is 1500. The molecule has 0 saturated carbocycles. The van der Waals surface area contributed by atoms with Crippen LogP contribution < -0.4 is 24.7 Å². The summed E-state index contributed by atoms with van der Waals surface area (Å²) < 4.78 is 21.9. The van der Waals surface area contributed by atoms with Crippen LogP contribution in [0.15, 0.2) is 63.8 Å². The summed E-state index contributed by atoms with van der Waals surface area (Å²) in [4.78, 5) is 17.9. The Hall–Kier alpha value is -4.17. The first-order valence-corrected chi connectivity index (χ1v) is 12.6. The molecule has 0 spiro atoms. The molecule has 0 bridgehead atoms. The molecule has 0 atom stereocenters. The first-order valence-electron chi connectivity index (χ1n) is 12.6. The Balaban J connectivity index is 1.42. The van der Waals surface area contributed by atoms with E-state index in [0.717, 1.165) is 48.6 Å². The van der Waals surface area contributed by atoms with Crippen LogP contribution >= 0.6 is 0 Å². The Kier molecular flexibility index (Phi) is 7.15. The summed E-state index contributed by atoms with van der Waals surface area (Å²) >= 11 is 0. The van der Waals surface area contributed by atoms with Crippen molar-refractivity contribution in [3.8, 4) is 34.1 Å².